The largest absolute Gasteiger partial charge is 0.383 e. The van der Waals surface area contributed by atoms with Crippen molar-refractivity contribution in [3.8, 4) is 0 Å². The molecule has 3 nitrogen and oxygen atoms in total. The highest BCUT2D eigenvalue weighted by molar-refractivity contribution is 4.95. The van der Waals surface area contributed by atoms with Gasteiger partial charge in [0.1, 0.15) is 0 Å². The molecule has 0 amide bonds. The van der Waals surface area contributed by atoms with Gasteiger partial charge in [0.2, 0.25) is 0 Å². The van der Waals surface area contributed by atoms with Crippen molar-refractivity contribution in [2.75, 3.05) is 26.8 Å². The first kappa shape index (κ1) is 11.0. The van der Waals surface area contributed by atoms with Crippen LogP contribution < -0.4 is 5.73 Å². The Bertz CT molecular complexity index is 159. The van der Waals surface area contributed by atoms with Gasteiger partial charge in [-0.15, -0.1) is 0 Å². The smallest absolute Gasteiger partial charge is 0.0589 e. The predicted molar refractivity (Wildman–Crippen MR) is 54.7 cm³/mol. The lowest BCUT2D eigenvalue weighted by Gasteiger charge is -2.46. The number of methoxy groups -OCH3 is 1. The average Bonchev–Trinajstić information content (AvgIpc) is 2.08. The van der Waals surface area contributed by atoms with Crippen molar-refractivity contribution in [1.82, 2.24) is 4.90 Å². The van der Waals surface area contributed by atoms with E-state index in [2.05, 4.69) is 18.7 Å². The lowest BCUT2D eigenvalue weighted by atomic mass is 9.86. The summed E-state index contributed by atoms with van der Waals surface area (Å²) >= 11 is 0. The molecule has 1 fully saturated rings. The van der Waals surface area contributed by atoms with Crippen LogP contribution in [0, 0.1) is 0 Å². The Morgan fingerprint density at radius 2 is 2.23 bits per heavy atom. The molecule has 0 aromatic rings. The molecule has 2 N–H and O–H groups in total. The van der Waals surface area contributed by atoms with Crippen LogP contribution in [0.25, 0.3) is 0 Å². The second kappa shape index (κ2) is 4.40. The maximum Gasteiger partial charge on any atom is 0.0589 e. The fraction of sp³-hybridized carbons (Fsp3) is 1.00. The van der Waals surface area contributed by atoms with Crippen LogP contribution in [0.1, 0.15) is 26.7 Å². The number of likely N-dealkylation sites (tertiary alicyclic amines) is 1. The highest BCUT2D eigenvalue weighted by atomic mass is 16.5. The van der Waals surface area contributed by atoms with Gasteiger partial charge in [0.25, 0.3) is 0 Å². The highest BCUT2D eigenvalue weighted by Crippen LogP contribution is 2.25. The van der Waals surface area contributed by atoms with Gasteiger partial charge in [0.05, 0.1) is 6.61 Å². The van der Waals surface area contributed by atoms with Crippen LogP contribution in [-0.4, -0.2) is 43.3 Å². The maximum absolute atomic E-state index is 6.09. The van der Waals surface area contributed by atoms with Crippen molar-refractivity contribution in [3.05, 3.63) is 0 Å². The molecule has 13 heavy (non-hydrogen) atoms. The Labute approximate surface area is 81.2 Å². The Morgan fingerprint density at radius 1 is 1.54 bits per heavy atom. The number of piperidine rings is 1. The molecule has 1 saturated heterocycles. The lowest BCUT2D eigenvalue weighted by molar-refractivity contribution is 0.0334. The second-order valence-electron chi connectivity index (χ2n) is 4.38. The van der Waals surface area contributed by atoms with E-state index in [-0.39, 0.29) is 5.54 Å². The third-order valence-corrected chi connectivity index (χ3v) is 3.23. The lowest BCUT2D eigenvalue weighted by Crippen LogP contribution is -2.60. The summed E-state index contributed by atoms with van der Waals surface area (Å²) in [7, 11) is 1.75. The zero-order chi connectivity index (χ0) is 9.90. The van der Waals surface area contributed by atoms with E-state index in [1.54, 1.807) is 7.11 Å². The van der Waals surface area contributed by atoms with Gasteiger partial charge in [0, 0.05) is 25.2 Å². The molecule has 0 aliphatic carbocycles. The number of ether oxygens (including phenoxy) is 1. The fourth-order valence-electron chi connectivity index (χ4n) is 1.98. The van der Waals surface area contributed by atoms with E-state index in [1.165, 1.54) is 6.42 Å². The molecule has 1 unspecified atom stereocenters. The van der Waals surface area contributed by atoms with Gasteiger partial charge in [0.15, 0.2) is 0 Å². The first-order valence-electron chi connectivity index (χ1n) is 5.08. The van der Waals surface area contributed by atoms with E-state index in [0.29, 0.717) is 6.04 Å². The van der Waals surface area contributed by atoms with Crippen LogP contribution in [-0.2, 0) is 4.74 Å². The van der Waals surface area contributed by atoms with Gasteiger partial charge in [-0.2, -0.15) is 0 Å². The fourth-order valence-corrected chi connectivity index (χ4v) is 1.98. The molecule has 1 aliphatic heterocycles. The van der Waals surface area contributed by atoms with Crippen LogP contribution in [0.5, 0.6) is 0 Å². The predicted octanol–water partition coefficient (Wildman–Crippen LogP) is 0.835. The average molecular weight is 186 g/mol. The van der Waals surface area contributed by atoms with Crippen LogP contribution in [0.15, 0.2) is 0 Å². The summed E-state index contributed by atoms with van der Waals surface area (Å²) in [6.07, 6.45) is 2.37. The van der Waals surface area contributed by atoms with Crippen LogP contribution in [0.2, 0.25) is 0 Å². The minimum absolute atomic E-state index is 0.136. The Kier molecular flexibility index (Phi) is 3.71. The minimum atomic E-state index is 0.136. The molecule has 1 heterocycles. The van der Waals surface area contributed by atoms with Crippen LogP contribution >= 0.6 is 0 Å². The molecule has 1 aliphatic rings. The summed E-state index contributed by atoms with van der Waals surface area (Å²) in [6, 6.07) is 0.304. The molecule has 0 aromatic carbocycles. The van der Waals surface area contributed by atoms with Gasteiger partial charge < -0.3 is 10.5 Å². The summed E-state index contributed by atoms with van der Waals surface area (Å²) in [4.78, 5) is 2.44. The minimum Gasteiger partial charge on any atom is -0.383 e. The number of hydrogen-bond donors (Lipinski definition) is 1. The van der Waals surface area contributed by atoms with E-state index < -0.39 is 0 Å². The third kappa shape index (κ3) is 2.42. The van der Waals surface area contributed by atoms with Gasteiger partial charge >= 0.3 is 0 Å². The zero-order valence-corrected chi connectivity index (χ0v) is 9.05. The summed E-state index contributed by atoms with van der Waals surface area (Å²) < 4.78 is 5.09. The monoisotopic (exact) mass is 186 g/mol. The van der Waals surface area contributed by atoms with Crippen LogP contribution in [0.3, 0.4) is 0 Å². The van der Waals surface area contributed by atoms with E-state index in [4.69, 9.17) is 10.5 Å². The quantitative estimate of drug-likeness (QED) is 0.709. The Balaban J connectivity index is 2.50. The maximum atomic E-state index is 6.09. The van der Waals surface area contributed by atoms with Crippen molar-refractivity contribution in [2.24, 2.45) is 5.73 Å². The van der Waals surface area contributed by atoms with Crippen LogP contribution in [0.4, 0.5) is 0 Å². The van der Waals surface area contributed by atoms with E-state index >= 15 is 0 Å². The van der Waals surface area contributed by atoms with Gasteiger partial charge in [-0.3, -0.25) is 4.90 Å². The van der Waals surface area contributed by atoms with Crippen molar-refractivity contribution >= 4 is 0 Å². The standard InChI is InChI=1S/C10H22N2O/c1-10(2)9(11)5-4-6-12(10)7-8-13-3/h9H,4-8,11H2,1-3H3. The molecule has 0 aromatic heterocycles. The van der Waals surface area contributed by atoms with E-state index in [9.17, 15) is 0 Å². The normalized spacial score (nSPS) is 29.1. The number of nitrogens with zero attached hydrogens (tertiary/aromatic N) is 1. The second-order valence-corrected chi connectivity index (χ2v) is 4.38. The van der Waals surface area contributed by atoms with E-state index in [0.717, 1.165) is 26.1 Å². The number of hydrogen-bond acceptors (Lipinski definition) is 3. The van der Waals surface area contributed by atoms with Crippen molar-refractivity contribution in [1.29, 1.82) is 0 Å². The molecule has 0 saturated carbocycles. The van der Waals surface area contributed by atoms with E-state index in [1.807, 2.05) is 0 Å². The number of rotatable bonds is 3. The summed E-state index contributed by atoms with van der Waals surface area (Å²) in [5.74, 6) is 0. The van der Waals surface area contributed by atoms with Crippen molar-refractivity contribution < 1.29 is 4.74 Å². The first-order chi connectivity index (χ1) is 6.09. The molecule has 0 radical (unpaired) electrons. The van der Waals surface area contributed by atoms with Crippen molar-refractivity contribution in [2.45, 2.75) is 38.3 Å². The highest BCUT2D eigenvalue weighted by Gasteiger charge is 2.35. The first-order valence-corrected chi connectivity index (χ1v) is 5.08. The molecule has 0 bridgehead atoms. The molecule has 78 valence electrons. The number of nitrogens with two attached hydrogens (primary N) is 1. The SMILES string of the molecule is COCCN1CCCC(N)C1(C)C. The molecule has 1 rings (SSSR count). The molecular formula is C10H22N2O. The summed E-state index contributed by atoms with van der Waals surface area (Å²) in [5, 5.41) is 0. The van der Waals surface area contributed by atoms with Gasteiger partial charge in [-0.1, -0.05) is 0 Å². The molecule has 0 spiro atoms. The topological polar surface area (TPSA) is 38.5 Å². The Hall–Kier alpha value is -0.120. The summed E-state index contributed by atoms with van der Waals surface area (Å²) in [6.45, 7) is 7.41. The molecule has 1 atom stereocenters. The van der Waals surface area contributed by atoms with Crippen molar-refractivity contribution in [3.63, 3.8) is 0 Å². The van der Waals surface area contributed by atoms with Gasteiger partial charge in [-0.05, 0) is 33.2 Å². The molecular weight excluding hydrogens is 164 g/mol. The van der Waals surface area contributed by atoms with Gasteiger partial charge in [-0.25, -0.2) is 0 Å². The zero-order valence-electron chi connectivity index (χ0n) is 9.05. The Morgan fingerprint density at radius 3 is 2.85 bits per heavy atom. The summed E-state index contributed by atoms with van der Waals surface area (Å²) in [5.41, 5.74) is 6.23. The molecule has 3 heteroatoms. The third-order valence-electron chi connectivity index (χ3n) is 3.23.